The molecule has 106 valence electrons. The van der Waals surface area contributed by atoms with Crippen LogP contribution in [0.2, 0.25) is 10.0 Å². The van der Waals surface area contributed by atoms with E-state index in [1.165, 1.54) is 0 Å². The maximum Gasteiger partial charge on any atom is 0.126 e. The lowest BCUT2D eigenvalue weighted by molar-refractivity contribution is 0.557. The van der Waals surface area contributed by atoms with Crippen LogP contribution in [0, 0.1) is 11.6 Å². The molecule has 0 aliphatic heterocycles. The first-order valence-electron chi connectivity index (χ1n) is 6.10. The van der Waals surface area contributed by atoms with Crippen molar-refractivity contribution in [1.82, 2.24) is 0 Å². The molecule has 0 bridgehead atoms. The smallest absolute Gasteiger partial charge is 0.126 e. The quantitative estimate of drug-likeness (QED) is 0.879. The van der Waals surface area contributed by atoms with Crippen LogP contribution in [0.25, 0.3) is 0 Å². The molecular weight excluding hydrogens is 303 g/mol. The van der Waals surface area contributed by atoms with Crippen molar-refractivity contribution in [2.75, 3.05) is 6.54 Å². The first kappa shape index (κ1) is 15.2. The van der Waals surface area contributed by atoms with E-state index in [1.54, 1.807) is 18.2 Å². The topological polar surface area (TPSA) is 26.0 Å². The second-order valence-electron chi connectivity index (χ2n) is 4.50. The lowest BCUT2D eigenvalue weighted by Gasteiger charge is -2.18. The Bertz CT molecular complexity index is 597. The summed E-state index contributed by atoms with van der Waals surface area (Å²) in [6, 6.07) is 8.49. The van der Waals surface area contributed by atoms with Crippen molar-refractivity contribution in [3.05, 3.63) is 69.2 Å². The van der Waals surface area contributed by atoms with Gasteiger partial charge >= 0.3 is 0 Å². The average molecular weight is 316 g/mol. The fourth-order valence-electron chi connectivity index (χ4n) is 2.12. The van der Waals surface area contributed by atoms with Crippen molar-refractivity contribution in [2.45, 2.75) is 12.3 Å². The van der Waals surface area contributed by atoms with Crippen molar-refractivity contribution >= 4 is 23.2 Å². The van der Waals surface area contributed by atoms with Crippen molar-refractivity contribution in [3.63, 3.8) is 0 Å². The van der Waals surface area contributed by atoms with Crippen molar-refractivity contribution in [2.24, 2.45) is 5.73 Å². The summed E-state index contributed by atoms with van der Waals surface area (Å²) in [6.07, 6.45) is 0.357. The van der Waals surface area contributed by atoms with Crippen LogP contribution in [-0.4, -0.2) is 6.54 Å². The van der Waals surface area contributed by atoms with Crippen molar-refractivity contribution < 1.29 is 8.78 Å². The van der Waals surface area contributed by atoms with Gasteiger partial charge in [-0.2, -0.15) is 0 Å². The van der Waals surface area contributed by atoms with Gasteiger partial charge in [-0.1, -0.05) is 29.3 Å². The molecule has 0 radical (unpaired) electrons. The van der Waals surface area contributed by atoms with Crippen molar-refractivity contribution in [1.29, 1.82) is 0 Å². The Morgan fingerprint density at radius 1 is 1.05 bits per heavy atom. The standard InChI is InChI=1S/C15H13Cl2F2N/c16-13-2-1-3-14(17)12(13)6-9(8-20)11-7-10(18)4-5-15(11)19/h1-5,7,9H,6,8,20H2. The number of benzene rings is 2. The minimum atomic E-state index is -0.495. The van der Waals surface area contributed by atoms with Gasteiger partial charge in [0, 0.05) is 16.0 Å². The highest BCUT2D eigenvalue weighted by Gasteiger charge is 2.18. The lowest BCUT2D eigenvalue weighted by atomic mass is 9.91. The molecule has 1 atom stereocenters. The van der Waals surface area contributed by atoms with Crippen LogP contribution in [0.1, 0.15) is 17.0 Å². The lowest BCUT2D eigenvalue weighted by Crippen LogP contribution is -2.17. The molecule has 1 unspecified atom stereocenters. The summed E-state index contributed by atoms with van der Waals surface area (Å²) in [5, 5.41) is 0.987. The maximum atomic E-state index is 13.8. The SMILES string of the molecule is NCC(Cc1c(Cl)cccc1Cl)c1cc(F)ccc1F. The minimum absolute atomic E-state index is 0.169. The Morgan fingerprint density at radius 2 is 1.70 bits per heavy atom. The van der Waals surface area contributed by atoms with E-state index in [2.05, 4.69) is 0 Å². The highest BCUT2D eigenvalue weighted by molar-refractivity contribution is 6.36. The van der Waals surface area contributed by atoms with E-state index in [1.807, 2.05) is 0 Å². The molecule has 5 heteroatoms. The van der Waals surface area contributed by atoms with E-state index in [4.69, 9.17) is 28.9 Å². The minimum Gasteiger partial charge on any atom is -0.330 e. The summed E-state index contributed by atoms with van der Waals surface area (Å²) in [5.74, 6) is -1.36. The van der Waals surface area contributed by atoms with Crippen LogP contribution in [0.5, 0.6) is 0 Å². The summed E-state index contributed by atoms with van der Waals surface area (Å²) in [7, 11) is 0. The van der Waals surface area contributed by atoms with Gasteiger partial charge in [0.15, 0.2) is 0 Å². The van der Waals surface area contributed by atoms with Gasteiger partial charge in [-0.15, -0.1) is 0 Å². The van der Waals surface area contributed by atoms with Gasteiger partial charge in [-0.3, -0.25) is 0 Å². The fourth-order valence-corrected chi connectivity index (χ4v) is 2.67. The summed E-state index contributed by atoms with van der Waals surface area (Å²) >= 11 is 12.2. The summed E-state index contributed by atoms with van der Waals surface area (Å²) in [5.41, 5.74) is 6.63. The van der Waals surface area contributed by atoms with E-state index in [0.717, 1.165) is 18.2 Å². The molecule has 2 N–H and O–H groups in total. The van der Waals surface area contributed by atoms with Gasteiger partial charge in [-0.05, 0) is 54.4 Å². The molecule has 1 nitrogen and oxygen atoms in total. The second-order valence-corrected chi connectivity index (χ2v) is 5.32. The molecule has 0 saturated heterocycles. The molecule has 0 aromatic heterocycles. The molecule has 2 aromatic rings. The monoisotopic (exact) mass is 315 g/mol. The highest BCUT2D eigenvalue weighted by Crippen LogP contribution is 2.31. The van der Waals surface area contributed by atoms with Gasteiger partial charge in [0.05, 0.1) is 0 Å². The van der Waals surface area contributed by atoms with E-state index in [0.29, 0.717) is 22.0 Å². The third-order valence-corrected chi connectivity index (χ3v) is 3.90. The predicted octanol–water partition coefficient (Wildman–Crippen LogP) is 4.56. The molecule has 0 heterocycles. The third kappa shape index (κ3) is 3.29. The second kappa shape index (κ2) is 6.53. The molecule has 0 aliphatic carbocycles. The average Bonchev–Trinajstić information content (AvgIpc) is 2.42. The molecule has 0 aliphatic rings. The van der Waals surface area contributed by atoms with Crippen LogP contribution < -0.4 is 5.73 Å². The van der Waals surface area contributed by atoms with Gasteiger partial charge < -0.3 is 5.73 Å². The number of nitrogens with two attached hydrogens (primary N) is 1. The third-order valence-electron chi connectivity index (χ3n) is 3.19. The molecule has 0 amide bonds. The zero-order chi connectivity index (χ0) is 14.7. The Labute approximate surface area is 126 Å². The number of halogens is 4. The van der Waals surface area contributed by atoms with E-state index < -0.39 is 11.6 Å². The predicted molar refractivity (Wildman–Crippen MR) is 78.3 cm³/mol. The Morgan fingerprint density at radius 3 is 2.30 bits per heavy atom. The summed E-state index contributed by atoms with van der Waals surface area (Å²) in [4.78, 5) is 0. The number of hydrogen-bond donors (Lipinski definition) is 1. The maximum absolute atomic E-state index is 13.8. The van der Waals surface area contributed by atoms with Crippen LogP contribution in [0.15, 0.2) is 36.4 Å². The zero-order valence-electron chi connectivity index (χ0n) is 10.5. The highest BCUT2D eigenvalue weighted by atomic mass is 35.5. The van der Waals surface area contributed by atoms with Crippen LogP contribution >= 0.6 is 23.2 Å². The summed E-state index contributed by atoms with van der Waals surface area (Å²) < 4.78 is 27.1. The molecule has 20 heavy (non-hydrogen) atoms. The molecule has 2 rings (SSSR count). The zero-order valence-corrected chi connectivity index (χ0v) is 12.1. The Hall–Kier alpha value is -1.16. The normalized spacial score (nSPS) is 12.4. The van der Waals surface area contributed by atoms with Gasteiger partial charge in [0.2, 0.25) is 0 Å². The van der Waals surface area contributed by atoms with Crippen LogP contribution in [0.4, 0.5) is 8.78 Å². The van der Waals surface area contributed by atoms with E-state index in [9.17, 15) is 8.78 Å². The van der Waals surface area contributed by atoms with Gasteiger partial charge in [-0.25, -0.2) is 8.78 Å². The van der Waals surface area contributed by atoms with Gasteiger partial charge in [0.1, 0.15) is 11.6 Å². The first-order chi connectivity index (χ1) is 9.52. The van der Waals surface area contributed by atoms with Crippen LogP contribution in [-0.2, 0) is 6.42 Å². The van der Waals surface area contributed by atoms with E-state index in [-0.39, 0.29) is 18.0 Å². The molecule has 2 aromatic carbocycles. The molecule has 0 fully saturated rings. The first-order valence-corrected chi connectivity index (χ1v) is 6.86. The molecular formula is C15H13Cl2F2N. The Kier molecular flexibility index (Phi) is 4.97. The fraction of sp³-hybridized carbons (Fsp3) is 0.200. The largest absolute Gasteiger partial charge is 0.330 e. The van der Waals surface area contributed by atoms with Crippen LogP contribution in [0.3, 0.4) is 0 Å². The van der Waals surface area contributed by atoms with Crippen molar-refractivity contribution in [3.8, 4) is 0 Å². The summed E-state index contributed by atoms with van der Waals surface area (Å²) in [6.45, 7) is 0.169. The number of rotatable bonds is 4. The molecule has 0 saturated carbocycles. The van der Waals surface area contributed by atoms with E-state index >= 15 is 0 Å². The Balaban J connectivity index is 2.36. The van der Waals surface area contributed by atoms with Gasteiger partial charge in [0.25, 0.3) is 0 Å². The molecule has 0 spiro atoms. The number of hydrogen-bond acceptors (Lipinski definition) is 1.